The van der Waals surface area contributed by atoms with E-state index >= 15 is 0 Å². The minimum Gasteiger partial charge on any atom is -0.378 e. The third-order valence-corrected chi connectivity index (χ3v) is 5.93. The van der Waals surface area contributed by atoms with Crippen molar-refractivity contribution in [2.24, 2.45) is 0 Å². The van der Waals surface area contributed by atoms with Crippen molar-refractivity contribution < 1.29 is 18.7 Å². The largest absolute Gasteiger partial charge is 0.378 e. The number of hydrogen-bond acceptors (Lipinski definition) is 3. The molecule has 1 fully saturated rings. The van der Waals surface area contributed by atoms with Gasteiger partial charge in [-0.2, -0.15) is 0 Å². The Hall–Kier alpha value is -2.90. The Morgan fingerprint density at radius 1 is 1.16 bits per heavy atom. The average molecular weight is 444 g/mol. The number of allylic oxidation sites excluding steroid dienone is 1. The smallest absolute Gasteiger partial charge is 0.322 e. The second-order valence-electron chi connectivity index (χ2n) is 7.49. The third-order valence-electron chi connectivity index (χ3n) is 5.60. The van der Waals surface area contributed by atoms with Crippen molar-refractivity contribution in [1.82, 2.24) is 15.1 Å². The summed E-state index contributed by atoms with van der Waals surface area (Å²) in [5, 5.41) is 2.97. The molecule has 1 N–H and O–H groups in total. The van der Waals surface area contributed by atoms with E-state index in [4.69, 9.17) is 16.3 Å². The molecule has 3 amide bonds. The maximum Gasteiger partial charge on any atom is 0.322 e. The van der Waals surface area contributed by atoms with Gasteiger partial charge in [-0.3, -0.25) is 9.69 Å². The van der Waals surface area contributed by atoms with Crippen LogP contribution in [0.4, 0.5) is 9.18 Å². The van der Waals surface area contributed by atoms with Crippen LogP contribution >= 0.6 is 11.6 Å². The van der Waals surface area contributed by atoms with Crippen molar-refractivity contribution in [3.8, 4) is 0 Å². The Labute approximate surface area is 185 Å². The number of rotatable bonds is 4. The maximum atomic E-state index is 14.8. The first-order valence-electron chi connectivity index (χ1n) is 10.1. The predicted molar refractivity (Wildman–Crippen MR) is 115 cm³/mol. The average Bonchev–Trinajstić information content (AvgIpc) is 2.77. The molecule has 2 aromatic rings. The quantitative estimate of drug-likeness (QED) is 0.780. The monoisotopic (exact) mass is 443 g/mol. The van der Waals surface area contributed by atoms with Crippen LogP contribution in [-0.4, -0.2) is 48.0 Å². The summed E-state index contributed by atoms with van der Waals surface area (Å²) in [5.74, 6) is -0.836. The Morgan fingerprint density at radius 3 is 2.55 bits per heavy atom. The number of halogens is 2. The van der Waals surface area contributed by atoms with E-state index < -0.39 is 17.9 Å². The number of morpholine rings is 1. The summed E-state index contributed by atoms with van der Waals surface area (Å²) in [5.41, 5.74) is 1.79. The zero-order valence-electron chi connectivity index (χ0n) is 17.1. The van der Waals surface area contributed by atoms with Gasteiger partial charge in [0.25, 0.3) is 5.91 Å². The summed E-state index contributed by atoms with van der Waals surface area (Å²) < 4.78 is 20.2. The lowest BCUT2D eigenvalue weighted by atomic mass is 9.93. The molecule has 2 aliphatic heterocycles. The predicted octanol–water partition coefficient (Wildman–Crippen LogP) is 3.88. The Kier molecular flexibility index (Phi) is 6.25. The molecule has 0 aliphatic carbocycles. The molecule has 1 saturated heterocycles. The number of nitrogens with one attached hydrogen (secondary N) is 1. The Bertz CT molecular complexity index is 1000. The number of benzene rings is 2. The fraction of sp³-hybridized carbons (Fsp3) is 0.304. The van der Waals surface area contributed by atoms with Crippen molar-refractivity contribution in [3.63, 3.8) is 0 Å². The molecule has 0 spiro atoms. The number of carbonyl (C=O) groups excluding carboxylic acids is 2. The summed E-state index contributed by atoms with van der Waals surface area (Å²) in [6.07, 6.45) is 0. The number of carbonyl (C=O) groups is 2. The molecule has 2 heterocycles. The molecule has 2 aliphatic rings. The summed E-state index contributed by atoms with van der Waals surface area (Å²) in [7, 11) is 0. The number of amides is 3. The molecule has 0 aromatic heterocycles. The highest BCUT2D eigenvalue weighted by Crippen LogP contribution is 2.37. The van der Waals surface area contributed by atoms with E-state index in [1.807, 2.05) is 30.3 Å². The van der Waals surface area contributed by atoms with Gasteiger partial charge in [0.1, 0.15) is 5.82 Å². The first kappa shape index (κ1) is 21.3. The summed E-state index contributed by atoms with van der Waals surface area (Å²) in [6, 6.07) is 12.4. The topological polar surface area (TPSA) is 61.9 Å². The number of ether oxygens (including phenoxy) is 1. The summed E-state index contributed by atoms with van der Waals surface area (Å²) in [6.45, 7) is 3.74. The molecule has 4 rings (SSSR count). The first-order chi connectivity index (χ1) is 15.0. The minimum absolute atomic E-state index is 0.0906. The van der Waals surface area contributed by atoms with Crippen molar-refractivity contribution >= 4 is 23.5 Å². The molecule has 8 heteroatoms. The second-order valence-corrected chi connectivity index (χ2v) is 7.90. The molecule has 1 unspecified atom stereocenters. The van der Waals surface area contributed by atoms with Gasteiger partial charge in [0, 0.05) is 29.4 Å². The van der Waals surface area contributed by atoms with E-state index in [-0.39, 0.29) is 23.0 Å². The fourth-order valence-corrected chi connectivity index (χ4v) is 4.23. The van der Waals surface area contributed by atoms with E-state index in [9.17, 15) is 14.0 Å². The van der Waals surface area contributed by atoms with Crippen molar-refractivity contribution in [2.45, 2.75) is 19.5 Å². The lowest BCUT2D eigenvalue weighted by Gasteiger charge is -2.38. The zero-order chi connectivity index (χ0) is 22.0. The summed E-state index contributed by atoms with van der Waals surface area (Å²) in [4.78, 5) is 29.8. The molecule has 6 nitrogen and oxygen atoms in total. The van der Waals surface area contributed by atoms with E-state index in [0.29, 0.717) is 37.6 Å². The second kappa shape index (κ2) is 9.08. The van der Waals surface area contributed by atoms with Crippen LogP contribution in [0, 0.1) is 5.82 Å². The van der Waals surface area contributed by atoms with Crippen molar-refractivity contribution in [2.75, 3.05) is 26.3 Å². The van der Waals surface area contributed by atoms with E-state index in [1.54, 1.807) is 17.9 Å². The molecule has 0 radical (unpaired) electrons. The van der Waals surface area contributed by atoms with Crippen LogP contribution in [-0.2, 0) is 16.1 Å². The molecular weight excluding hydrogens is 421 g/mol. The van der Waals surface area contributed by atoms with E-state index in [1.165, 1.54) is 17.0 Å². The van der Waals surface area contributed by atoms with E-state index in [2.05, 4.69) is 5.32 Å². The molecule has 0 saturated carbocycles. The Balaban J connectivity index is 1.79. The van der Waals surface area contributed by atoms with Crippen LogP contribution in [0.5, 0.6) is 0 Å². The van der Waals surface area contributed by atoms with Crippen molar-refractivity contribution in [1.29, 1.82) is 0 Å². The Morgan fingerprint density at radius 2 is 1.87 bits per heavy atom. The number of urea groups is 1. The van der Waals surface area contributed by atoms with Crippen LogP contribution in [0.2, 0.25) is 5.02 Å². The van der Waals surface area contributed by atoms with Crippen LogP contribution in [0.3, 0.4) is 0 Å². The van der Waals surface area contributed by atoms with Gasteiger partial charge < -0.3 is 15.0 Å². The third kappa shape index (κ3) is 4.29. The SMILES string of the molecule is CC1=C(C(=O)N2CCOCC2)C(c2c(F)cccc2Cl)NC(=O)N1Cc1ccccc1. The van der Waals surface area contributed by atoms with Gasteiger partial charge in [-0.25, -0.2) is 9.18 Å². The summed E-state index contributed by atoms with van der Waals surface area (Å²) >= 11 is 6.31. The highest BCUT2D eigenvalue weighted by Gasteiger charge is 2.39. The van der Waals surface area contributed by atoms with Gasteiger partial charge in [-0.15, -0.1) is 0 Å². The highest BCUT2D eigenvalue weighted by molar-refractivity contribution is 6.31. The number of nitrogens with zero attached hydrogens (tertiary/aromatic N) is 2. The standard InChI is InChI=1S/C23H23ClFN3O3/c1-15-19(22(29)27-10-12-31-13-11-27)21(20-17(24)8-5-9-18(20)25)26-23(30)28(15)14-16-6-3-2-4-7-16/h2-9,21H,10-14H2,1H3,(H,26,30). The highest BCUT2D eigenvalue weighted by atomic mass is 35.5. The van der Waals surface area contributed by atoms with Gasteiger partial charge in [0.15, 0.2) is 0 Å². The number of hydrogen-bond donors (Lipinski definition) is 1. The molecule has 162 valence electrons. The first-order valence-corrected chi connectivity index (χ1v) is 10.5. The van der Waals surface area contributed by atoms with Gasteiger partial charge in [0.2, 0.25) is 0 Å². The lowest BCUT2D eigenvalue weighted by Crippen LogP contribution is -2.51. The molecular formula is C23H23ClFN3O3. The van der Waals surface area contributed by atoms with Gasteiger partial charge in [0.05, 0.1) is 31.4 Å². The van der Waals surface area contributed by atoms with Crippen molar-refractivity contribution in [3.05, 3.63) is 81.8 Å². The van der Waals surface area contributed by atoms with Gasteiger partial charge in [-0.05, 0) is 24.6 Å². The maximum absolute atomic E-state index is 14.8. The zero-order valence-corrected chi connectivity index (χ0v) is 17.9. The normalized spacial score (nSPS) is 19.5. The van der Waals surface area contributed by atoms with Gasteiger partial charge in [-0.1, -0.05) is 48.0 Å². The molecule has 2 aromatic carbocycles. The molecule has 1 atom stereocenters. The van der Waals surface area contributed by atoms with Crippen LogP contribution in [0.15, 0.2) is 59.8 Å². The lowest BCUT2D eigenvalue weighted by molar-refractivity contribution is -0.131. The van der Waals surface area contributed by atoms with E-state index in [0.717, 1.165) is 5.56 Å². The van der Waals surface area contributed by atoms with Crippen LogP contribution in [0.25, 0.3) is 0 Å². The van der Waals surface area contributed by atoms with Gasteiger partial charge >= 0.3 is 6.03 Å². The molecule has 0 bridgehead atoms. The fourth-order valence-electron chi connectivity index (χ4n) is 3.95. The minimum atomic E-state index is -0.983. The molecule has 31 heavy (non-hydrogen) atoms. The van der Waals surface area contributed by atoms with Crippen LogP contribution in [0.1, 0.15) is 24.1 Å². The van der Waals surface area contributed by atoms with Crippen LogP contribution < -0.4 is 5.32 Å².